The number of carbonyl (C=O) groups excluding carboxylic acids is 1. The van der Waals surface area contributed by atoms with Crippen molar-refractivity contribution in [2.24, 2.45) is 0 Å². The van der Waals surface area contributed by atoms with Crippen molar-refractivity contribution in [3.63, 3.8) is 0 Å². The predicted molar refractivity (Wildman–Crippen MR) is 120 cm³/mol. The molecule has 1 aliphatic heterocycles. The third-order valence-electron chi connectivity index (χ3n) is 6.40. The second-order valence-corrected chi connectivity index (χ2v) is 10.3. The SMILES string of the molecule is O=C(NCCOc1ccc(S(=O)(=O)N2CCCC2)cc1)C1(c2ccccc2)CCCC1. The van der Waals surface area contributed by atoms with Crippen LogP contribution in [0.15, 0.2) is 59.5 Å². The predicted octanol–water partition coefficient (Wildman–Crippen LogP) is 3.48. The van der Waals surface area contributed by atoms with Gasteiger partial charge in [-0.1, -0.05) is 43.2 Å². The molecule has 166 valence electrons. The van der Waals surface area contributed by atoms with E-state index in [2.05, 4.69) is 5.32 Å². The topological polar surface area (TPSA) is 75.7 Å². The molecule has 2 aromatic rings. The summed E-state index contributed by atoms with van der Waals surface area (Å²) in [5.74, 6) is 0.653. The lowest BCUT2D eigenvalue weighted by molar-refractivity contribution is -0.126. The Hall–Kier alpha value is -2.38. The zero-order valence-corrected chi connectivity index (χ0v) is 18.6. The van der Waals surface area contributed by atoms with E-state index in [0.717, 1.165) is 44.1 Å². The Balaban J connectivity index is 1.30. The molecule has 0 unspecified atom stereocenters. The van der Waals surface area contributed by atoms with Crippen LogP contribution >= 0.6 is 0 Å². The lowest BCUT2D eigenvalue weighted by Gasteiger charge is -2.28. The molecule has 31 heavy (non-hydrogen) atoms. The van der Waals surface area contributed by atoms with E-state index in [-0.39, 0.29) is 5.91 Å². The minimum Gasteiger partial charge on any atom is -0.492 e. The Morgan fingerprint density at radius 3 is 2.23 bits per heavy atom. The Morgan fingerprint density at radius 2 is 1.58 bits per heavy atom. The first-order valence-electron chi connectivity index (χ1n) is 11.1. The van der Waals surface area contributed by atoms with Crippen LogP contribution in [0.1, 0.15) is 44.1 Å². The van der Waals surface area contributed by atoms with Crippen molar-refractivity contribution in [3.8, 4) is 5.75 Å². The molecule has 0 atom stereocenters. The zero-order valence-electron chi connectivity index (χ0n) is 17.8. The van der Waals surface area contributed by atoms with Crippen molar-refractivity contribution >= 4 is 15.9 Å². The van der Waals surface area contributed by atoms with Crippen molar-refractivity contribution in [1.82, 2.24) is 9.62 Å². The van der Waals surface area contributed by atoms with E-state index in [0.29, 0.717) is 36.9 Å². The van der Waals surface area contributed by atoms with Gasteiger partial charge in [-0.3, -0.25) is 4.79 Å². The van der Waals surface area contributed by atoms with Gasteiger partial charge in [-0.15, -0.1) is 0 Å². The van der Waals surface area contributed by atoms with Gasteiger partial charge in [0.2, 0.25) is 15.9 Å². The molecule has 1 aliphatic carbocycles. The average molecular weight is 443 g/mol. The molecule has 7 heteroatoms. The molecule has 1 saturated carbocycles. The highest BCUT2D eigenvalue weighted by Gasteiger charge is 2.42. The minimum atomic E-state index is -3.41. The van der Waals surface area contributed by atoms with Crippen LogP contribution < -0.4 is 10.1 Å². The minimum absolute atomic E-state index is 0.0619. The number of sulfonamides is 1. The lowest BCUT2D eigenvalue weighted by atomic mass is 9.78. The van der Waals surface area contributed by atoms with E-state index in [1.54, 1.807) is 24.3 Å². The largest absolute Gasteiger partial charge is 0.492 e. The van der Waals surface area contributed by atoms with Gasteiger partial charge in [-0.05, 0) is 55.5 Å². The first-order valence-corrected chi connectivity index (χ1v) is 12.5. The molecular weight excluding hydrogens is 412 g/mol. The Morgan fingerprint density at radius 1 is 0.935 bits per heavy atom. The van der Waals surface area contributed by atoms with Gasteiger partial charge in [0.25, 0.3) is 0 Å². The number of rotatable bonds is 8. The highest BCUT2D eigenvalue weighted by molar-refractivity contribution is 7.89. The highest BCUT2D eigenvalue weighted by Crippen LogP contribution is 2.41. The number of nitrogens with zero attached hydrogens (tertiary/aromatic N) is 1. The third-order valence-corrected chi connectivity index (χ3v) is 8.31. The summed E-state index contributed by atoms with van der Waals surface area (Å²) in [6.45, 7) is 1.91. The first kappa shape index (κ1) is 21.8. The lowest BCUT2D eigenvalue weighted by Crippen LogP contribution is -2.43. The van der Waals surface area contributed by atoms with E-state index in [9.17, 15) is 13.2 Å². The molecule has 0 aromatic heterocycles. The third kappa shape index (κ3) is 4.62. The normalized spacial score (nSPS) is 18.7. The van der Waals surface area contributed by atoms with Crippen LogP contribution in [0.5, 0.6) is 5.75 Å². The number of hydrogen-bond donors (Lipinski definition) is 1. The fourth-order valence-corrected chi connectivity index (χ4v) is 6.19. The van der Waals surface area contributed by atoms with Gasteiger partial charge in [-0.2, -0.15) is 4.31 Å². The van der Waals surface area contributed by atoms with E-state index in [1.807, 2.05) is 30.3 Å². The molecule has 1 N–H and O–H groups in total. The Kier molecular flexibility index (Phi) is 6.62. The summed E-state index contributed by atoms with van der Waals surface area (Å²) >= 11 is 0. The second-order valence-electron chi connectivity index (χ2n) is 8.34. The van der Waals surface area contributed by atoms with Crippen molar-refractivity contribution in [2.75, 3.05) is 26.2 Å². The number of benzene rings is 2. The molecule has 2 fully saturated rings. The summed E-state index contributed by atoms with van der Waals surface area (Å²) in [7, 11) is -3.41. The smallest absolute Gasteiger partial charge is 0.243 e. The molecular formula is C24H30N2O4S. The van der Waals surface area contributed by atoms with Gasteiger partial charge in [0, 0.05) is 13.1 Å². The summed E-state index contributed by atoms with van der Waals surface area (Å²) < 4.78 is 32.4. The molecule has 1 amide bonds. The molecule has 2 aromatic carbocycles. The van der Waals surface area contributed by atoms with Crippen LogP contribution in [0.4, 0.5) is 0 Å². The highest BCUT2D eigenvalue weighted by atomic mass is 32.2. The second kappa shape index (κ2) is 9.40. The summed E-state index contributed by atoms with van der Waals surface area (Å²) in [4.78, 5) is 13.3. The molecule has 2 aliphatic rings. The van der Waals surface area contributed by atoms with Crippen molar-refractivity contribution in [3.05, 3.63) is 60.2 Å². The van der Waals surface area contributed by atoms with Gasteiger partial charge in [0.1, 0.15) is 12.4 Å². The van der Waals surface area contributed by atoms with E-state index >= 15 is 0 Å². The number of amides is 1. The quantitative estimate of drug-likeness (QED) is 0.635. The van der Waals surface area contributed by atoms with Gasteiger partial charge in [0.05, 0.1) is 16.9 Å². The number of nitrogens with one attached hydrogen (secondary N) is 1. The van der Waals surface area contributed by atoms with Crippen LogP contribution in [0.3, 0.4) is 0 Å². The molecule has 6 nitrogen and oxygen atoms in total. The average Bonchev–Trinajstić information content (AvgIpc) is 3.51. The van der Waals surface area contributed by atoms with Crippen molar-refractivity contribution < 1.29 is 17.9 Å². The van der Waals surface area contributed by atoms with Gasteiger partial charge < -0.3 is 10.1 Å². The van der Waals surface area contributed by atoms with Crippen molar-refractivity contribution in [1.29, 1.82) is 0 Å². The first-order chi connectivity index (χ1) is 15.0. The standard InChI is InChI=1S/C24H30N2O4S/c27-23(24(14-4-5-15-24)20-8-2-1-3-9-20)25-16-19-30-21-10-12-22(13-11-21)31(28,29)26-17-6-7-18-26/h1-3,8-13H,4-7,14-19H2,(H,25,27). The fraction of sp³-hybridized carbons (Fsp3) is 0.458. The molecule has 1 saturated heterocycles. The number of hydrogen-bond acceptors (Lipinski definition) is 4. The molecule has 0 radical (unpaired) electrons. The van der Waals surface area contributed by atoms with E-state index in [4.69, 9.17) is 4.74 Å². The van der Waals surface area contributed by atoms with Gasteiger partial charge >= 0.3 is 0 Å². The van der Waals surface area contributed by atoms with Crippen LogP contribution in [0.25, 0.3) is 0 Å². The van der Waals surface area contributed by atoms with Crippen LogP contribution in [-0.4, -0.2) is 44.9 Å². The maximum Gasteiger partial charge on any atom is 0.243 e. The molecule has 4 rings (SSSR count). The maximum absolute atomic E-state index is 13.0. The zero-order chi connectivity index (χ0) is 21.7. The molecule has 0 bridgehead atoms. The van der Waals surface area contributed by atoms with Crippen LogP contribution in [0.2, 0.25) is 0 Å². The summed E-state index contributed by atoms with van der Waals surface area (Å²) in [5, 5.41) is 3.04. The summed E-state index contributed by atoms with van der Waals surface area (Å²) in [6.07, 6.45) is 5.69. The summed E-state index contributed by atoms with van der Waals surface area (Å²) in [5.41, 5.74) is 0.646. The van der Waals surface area contributed by atoms with Crippen LogP contribution in [-0.2, 0) is 20.2 Å². The van der Waals surface area contributed by atoms with Gasteiger partial charge in [0.15, 0.2) is 0 Å². The fourth-order valence-electron chi connectivity index (χ4n) is 4.67. The number of carbonyl (C=O) groups is 1. The Bertz CT molecular complexity index is 978. The van der Waals surface area contributed by atoms with Gasteiger partial charge in [-0.25, -0.2) is 8.42 Å². The summed E-state index contributed by atoms with van der Waals surface area (Å²) in [6, 6.07) is 16.5. The van der Waals surface area contributed by atoms with Crippen molar-refractivity contribution in [2.45, 2.75) is 48.8 Å². The van der Waals surface area contributed by atoms with Crippen LogP contribution in [0, 0.1) is 0 Å². The molecule has 0 spiro atoms. The monoisotopic (exact) mass is 442 g/mol. The van der Waals surface area contributed by atoms with E-state index in [1.165, 1.54) is 4.31 Å². The number of ether oxygens (including phenoxy) is 1. The maximum atomic E-state index is 13.0. The Labute approximate surface area is 184 Å². The molecule has 1 heterocycles. The van der Waals surface area contributed by atoms with E-state index < -0.39 is 15.4 Å².